The zero-order valence-electron chi connectivity index (χ0n) is 6.04. The first-order valence-corrected chi connectivity index (χ1v) is 3.90. The minimum Gasteiger partial charge on any atom is -0.263 e. The van der Waals surface area contributed by atoms with E-state index in [1.807, 2.05) is 0 Å². The Morgan fingerprint density at radius 1 is 1.67 bits per heavy atom. The van der Waals surface area contributed by atoms with Gasteiger partial charge in [0.25, 0.3) is 6.43 Å². The third kappa shape index (κ3) is 4.46. The van der Waals surface area contributed by atoms with Crippen molar-refractivity contribution in [2.45, 2.75) is 6.43 Å². The van der Waals surface area contributed by atoms with Crippen molar-refractivity contribution in [3.8, 4) is 0 Å². The number of alkyl halides is 2. The summed E-state index contributed by atoms with van der Waals surface area (Å²) in [5.41, 5.74) is -0.495. The van der Waals surface area contributed by atoms with E-state index in [0.29, 0.717) is 0 Å². The Labute approximate surface area is 79.5 Å². The van der Waals surface area contributed by atoms with Gasteiger partial charge in [0.15, 0.2) is 0 Å². The summed E-state index contributed by atoms with van der Waals surface area (Å²) in [6.07, 6.45) is -1.73. The van der Waals surface area contributed by atoms with Crippen LogP contribution >= 0.6 is 24.2 Å². The van der Waals surface area contributed by atoms with E-state index in [2.05, 4.69) is 29.3 Å². The average Bonchev–Trinajstić information content (AvgIpc) is 2.00. The highest BCUT2D eigenvalue weighted by molar-refractivity contribution is 7.80. The Morgan fingerprint density at radius 2 is 2.25 bits per heavy atom. The summed E-state index contributed by atoms with van der Waals surface area (Å²) in [5.74, 6) is 0.142. The highest BCUT2D eigenvalue weighted by atomic mass is 35.5. The average molecular weight is 213 g/mol. The molecule has 0 aliphatic heterocycles. The first-order chi connectivity index (χ1) is 5.61. The quantitative estimate of drug-likeness (QED) is 0.547. The Morgan fingerprint density at radius 3 is 2.58 bits per heavy atom. The summed E-state index contributed by atoms with van der Waals surface area (Å²) in [6.45, 7) is 2.96. The lowest BCUT2D eigenvalue weighted by Gasteiger charge is -1.96. The number of hydrogen-bond acceptors (Lipinski definition) is 3. The second-order valence-electron chi connectivity index (χ2n) is 1.65. The molecule has 0 bridgehead atoms. The molecule has 0 amide bonds. The molecular weight excluding hydrogens is 206 g/mol. The Bertz CT molecular complexity index is 216. The molecule has 0 unspecified atom stereocenters. The zero-order chi connectivity index (χ0) is 9.56. The Kier molecular flexibility index (Phi) is 5.92. The topological polar surface area (TPSA) is 24.7 Å². The van der Waals surface area contributed by atoms with Crippen molar-refractivity contribution in [3.63, 3.8) is 0 Å². The van der Waals surface area contributed by atoms with Crippen LogP contribution in [0.1, 0.15) is 0 Å². The summed E-state index contributed by atoms with van der Waals surface area (Å²) in [6, 6.07) is 0. The summed E-state index contributed by atoms with van der Waals surface area (Å²) in [7, 11) is 0. The van der Waals surface area contributed by atoms with E-state index in [-0.39, 0.29) is 11.0 Å². The summed E-state index contributed by atoms with van der Waals surface area (Å²) >= 11 is 9.13. The molecule has 68 valence electrons. The second kappa shape index (κ2) is 6.14. The summed E-state index contributed by atoms with van der Waals surface area (Å²) in [5, 5.41) is -0.0623. The van der Waals surface area contributed by atoms with Gasteiger partial charge in [0.2, 0.25) is 0 Å². The van der Waals surface area contributed by atoms with Gasteiger partial charge in [0, 0.05) is 6.08 Å². The van der Waals surface area contributed by atoms with Gasteiger partial charge in [0.1, 0.15) is 10.9 Å². The number of hydrogen-bond donors (Lipinski definition) is 1. The van der Waals surface area contributed by atoms with Gasteiger partial charge in [-0.3, -0.25) is 9.98 Å². The van der Waals surface area contributed by atoms with Crippen LogP contribution in [0.3, 0.4) is 0 Å². The highest BCUT2D eigenvalue weighted by Crippen LogP contribution is 2.10. The molecule has 0 aliphatic carbocycles. The number of thiol groups is 1. The van der Waals surface area contributed by atoms with E-state index >= 15 is 0 Å². The van der Waals surface area contributed by atoms with Gasteiger partial charge >= 0.3 is 0 Å². The molecule has 12 heavy (non-hydrogen) atoms. The third-order valence-corrected chi connectivity index (χ3v) is 1.26. The fourth-order valence-corrected chi connectivity index (χ4v) is 0.820. The summed E-state index contributed by atoms with van der Waals surface area (Å²) < 4.78 is 23.9. The lowest BCUT2D eigenvalue weighted by molar-refractivity contribution is 0.188. The standard InChI is InChI=1S/C6H7ClF2N2S/c1-10-4(6(8)9)2-5(7)11-3-12/h2,6,12H,1,3H2/b4-2-,11-5?. The van der Waals surface area contributed by atoms with Crippen molar-refractivity contribution in [2.24, 2.45) is 9.98 Å². The number of halogens is 3. The molecule has 0 rings (SSSR count). The molecule has 0 fully saturated rings. The van der Waals surface area contributed by atoms with Gasteiger partial charge in [0.05, 0.1) is 5.88 Å². The lowest BCUT2D eigenvalue weighted by Crippen LogP contribution is -1.96. The first kappa shape index (κ1) is 11.6. The van der Waals surface area contributed by atoms with Crippen LogP contribution in [-0.2, 0) is 0 Å². The molecule has 0 N–H and O–H groups in total. The first-order valence-electron chi connectivity index (χ1n) is 2.89. The van der Waals surface area contributed by atoms with Gasteiger partial charge < -0.3 is 0 Å². The van der Waals surface area contributed by atoms with E-state index in [1.54, 1.807) is 0 Å². The zero-order valence-corrected chi connectivity index (χ0v) is 7.69. The molecule has 0 aromatic rings. The maximum absolute atomic E-state index is 12.0. The van der Waals surface area contributed by atoms with E-state index in [9.17, 15) is 8.78 Å². The van der Waals surface area contributed by atoms with Crippen LogP contribution in [0, 0.1) is 0 Å². The van der Waals surface area contributed by atoms with Crippen molar-refractivity contribution in [2.75, 3.05) is 5.88 Å². The fraction of sp³-hybridized carbons (Fsp3) is 0.333. The van der Waals surface area contributed by atoms with Crippen molar-refractivity contribution in [3.05, 3.63) is 11.8 Å². The van der Waals surface area contributed by atoms with Crippen LogP contribution in [-0.4, -0.2) is 24.2 Å². The maximum Gasteiger partial charge on any atom is 0.280 e. The van der Waals surface area contributed by atoms with Crippen LogP contribution in [0.2, 0.25) is 0 Å². The van der Waals surface area contributed by atoms with Gasteiger partial charge in [-0.2, -0.15) is 12.6 Å². The van der Waals surface area contributed by atoms with E-state index in [0.717, 1.165) is 6.08 Å². The van der Waals surface area contributed by atoms with E-state index in [1.165, 1.54) is 0 Å². The Balaban J connectivity index is 4.48. The van der Waals surface area contributed by atoms with Crippen molar-refractivity contribution in [1.29, 1.82) is 0 Å². The van der Waals surface area contributed by atoms with Crippen LogP contribution < -0.4 is 0 Å². The molecule has 0 saturated heterocycles. The normalized spacial score (nSPS) is 13.8. The molecule has 0 heterocycles. The van der Waals surface area contributed by atoms with Gasteiger partial charge in [-0.05, 0) is 6.72 Å². The van der Waals surface area contributed by atoms with Crippen LogP contribution in [0.4, 0.5) is 8.78 Å². The van der Waals surface area contributed by atoms with Crippen LogP contribution in [0.15, 0.2) is 21.8 Å². The SMILES string of the molecule is C=N/C(=C\C(Cl)=NCS)C(F)F. The second-order valence-corrected chi connectivity index (χ2v) is 2.32. The molecule has 0 spiro atoms. The molecule has 6 heteroatoms. The minimum absolute atomic E-state index is 0.0623. The fourth-order valence-electron chi connectivity index (χ4n) is 0.413. The van der Waals surface area contributed by atoms with E-state index < -0.39 is 12.1 Å². The number of nitrogens with zero attached hydrogens (tertiary/aromatic N) is 2. The molecule has 0 saturated carbocycles. The molecule has 2 nitrogen and oxygen atoms in total. The smallest absolute Gasteiger partial charge is 0.263 e. The number of allylic oxidation sites excluding steroid dienone is 2. The van der Waals surface area contributed by atoms with Gasteiger partial charge in [-0.25, -0.2) is 8.78 Å². The molecule has 0 aromatic heterocycles. The van der Waals surface area contributed by atoms with Crippen molar-refractivity contribution >= 4 is 36.1 Å². The largest absolute Gasteiger partial charge is 0.280 e. The monoisotopic (exact) mass is 212 g/mol. The molecule has 0 radical (unpaired) electrons. The van der Waals surface area contributed by atoms with Crippen molar-refractivity contribution in [1.82, 2.24) is 0 Å². The lowest BCUT2D eigenvalue weighted by atomic mass is 10.4. The Hall–Kier alpha value is -0.420. The third-order valence-electron chi connectivity index (χ3n) is 0.895. The van der Waals surface area contributed by atoms with Crippen LogP contribution in [0.5, 0.6) is 0 Å². The predicted octanol–water partition coefficient (Wildman–Crippen LogP) is 2.36. The maximum atomic E-state index is 12.0. The van der Waals surface area contributed by atoms with Gasteiger partial charge in [-0.15, -0.1) is 0 Å². The molecular formula is C6H7ClF2N2S. The molecule has 0 atom stereocenters. The number of aliphatic imine (C=N–C) groups is 2. The predicted molar refractivity (Wildman–Crippen MR) is 50.8 cm³/mol. The molecule has 0 aromatic carbocycles. The minimum atomic E-state index is -2.69. The highest BCUT2D eigenvalue weighted by Gasteiger charge is 2.08. The van der Waals surface area contributed by atoms with Gasteiger partial charge in [-0.1, -0.05) is 11.6 Å². The molecule has 0 aliphatic rings. The van der Waals surface area contributed by atoms with Crippen molar-refractivity contribution < 1.29 is 8.78 Å². The van der Waals surface area contributed by atoms with Crippen LogP contribution in [0.25, 0.3) is 0 Å². The number of rotatable bonds is 4. The summed E-state index contributed by atoms with van der Waals surface area (Å²) in [4.78, 5) is 6.62. The van der Waals surface area contributed by atoms with E-state index in [4.69, 9.17) is 11.6 Å².